The Hall–Kier alpha value is -3.90. The molecule has 1 heterocycles. The predicted octanol–water partition coefficient (Wildman–Crippen LogP) is 6.97. The van der Waals surface area contributed by atoms with E-state index < -0.39 is 17.8 Å². The molecule has 0 spiro atoms. The summed E-state index contributed by atoms with van der Waals surface area (Å²) >= 11 is 6.24. The van der Waals surface area contributed by atoms with Gasteiger partial charge < -0.3 is 10.1 Å². The molecule has 3 aromatic carbocycles. The number of hydrogen-bond acceptors (Lipinski definition) is 5. The Kier molecular flexibility index (Phi) is 8.22. The molecule has 0 unspecified atom stereocenters. The average Bonchev–Trinajstić information content (AvgIpc) is 3.10. The Labute approximate surface area is 241 Å². The molecule has 0 aliphatic carbocycles. The fourth-order valence-electron chi connectivity index (χ4n) is 4.41. The van der Waals surface area contributed by atoms with Crippen molar-refractivity contribution in [2.24, 2.45) is 0 Å². The summed E-state index contributed by atoms with van der Waals surface area (Å²) < 4.78 is 5.83. The first-order valence-corrected chi connectivity index (χ1v) is 13.7. The molecule has 0 saturated heterocycles. The molecule has 7 heteroatoms. The molecule has 0 atom stereocenters. The highest BCUT2D eigenvalue weighted by Crippen LogP contribution is 2.36. The van der Waals surface area contributed by atoms with Gasteiger partial charge in [0.25, 0.3) is 11.8 Å². The molecule has 208 valence electrons. The number of esters is 1. The average molecular weight is 559 g/mol. The fourth-order valence-corrected chi connectivity index (χ4v) is 4.64. The maximum absolute atomic E-state index is 13.0. The van der Waals surface area contributed by atoms with Crippen molar-refractivity contribution in [3.05, 3.63) is 106 Å². The zero-order chi connectivity index (χ0) is 29.2. The molecule has 4 rings (SSSR count). The summed E-state index contributed by atoms with van der Waals surface area (Å²) in [5, 5.41) is 2.79. The zero-order valence-corrected chi connectivity index (χ0v) is 24.6. The molecule has 0 radical (unpaired) electrons. The van der Waals surface area contributed by atoms with E-state index in [9.17, 15) is 14.4 Å². The van der Waals surface area contributed by atoms with Gasteiger partial charge in [0.05, 0.1) is 5.56 Å². The van der Waals surface area contributed by atoms with Gasteiger partial charge in [0.1, 0.15) is 16.5 Å². The highest BCUT2D eigenvalue weighted by Gasteiger charge is 2.37. The molecule has 1 aliphatic heterocycles. The largest absolute Gasteiger partial charge is 0.423 e. The number of amides is 2. The van der Waals surface area contributed by atoms with Crippen molar-refractivity contribution in [3.8, 4) is 5.75 Å². The van der Waals surface area contributed by atoms with Gasteiger partial charge in [0, 0.05) is 17.8 Å². The van der Waals surface area contributed by atoms with Gasteiger partial charge in [-0.1, -0.05) is 95.6 Å². The third-order valence-corrected chi connectivity index (χ3v) is 7.18. The van der Waals surface area contributed by atoms with E-state index in [1.807, 2.05) is 42.5 Å². The number of anilines is 1. The molecule has 2 amide bonds. The molecule has 40 heavy (non-hydrogen) atoms. The van der Waals surface area contributed by atoms with Crippen LogP contribution in [0.2, 0.25) is 0 Å². The van der Waals surface area contributed by atoms with E-state index in [1.165, 1.54) is 5.56 Å². The van der Waals surface area contributed by atoms with Crippen LogP contribution in [-0.4, -0.2) is 29.2 Å². The van der Waals surface area contributed by atoms with Gasteiger partial charge in [-0.15, -0.1) is 0 Å². The number of carbonyl (C=O) groups excluding carboxylic acids is 3. The Balaban J connectivity index is 1.45. The number of halogens is 1. The van der Waals surface area contributed by atoms with Crippen LogP contribution < -0.4 is 10.1 Å². The van der Waals surface area contributed by atoms with Gasteiger partial charge in [-0.2, -0.15) is 0 Å². The molecule has 1 N–H and O–H groups in total. The number of ether oxygens (including phenoxy) is 1. The molecule has 0 fully saturated rings. The van der Waals surface area contributed by atoms with Crippen molar-refractivity contribution in [1.82, 2.24) is 4.90 Å². The fraction of sp³-hybridized carbons (Fsp3) is 0.303. The number of carbonyl (C=O) groups is 3. The molecule has 0 saturated carbocycles. The van der Waals surface area contributed by atoms with E-state index in [1.54, 1.807) is 24.3 Å². The van der Waals surface area contributed by atoms with Gasteiger partial charge in [-0.05, 0) is 58.7 Å². The maximum Gasteiger partial charge on any atom is 0.343 e. The molecule has 6 nitrogen and oxygen atoms in total. The van der Waals surface area contributed by atoms with Gasteiger partial charge in [0.2, 0.25) is 0 Å². The monoisotopic (exact) mass is 558 g/mol. The molecule has 0 bridgehead atoms. The second kappa shape index (κ2) is 11.3. The number of benzene rings is 3. The summed E-state index contributed by atoms with van der Waals surface area (Å²) in [6.07, 6.45) is 0.530. The van der Waals surface area contributed by atoms with Crippen molar-refractivity contribution in [3.63, 3.8) is 0 Å². The van der Waals surface area contributed by atoms with Crippen molar-refractivity contribution in [2.45, 2.75) is 58.8 Å². The van der Waals surface area contributed by atoms with Crippen molar-refractivity contribution in [2.75, 3.05) is 11.9 Å². The summed E-state index contributed by atoms with van der Waals surface area (Å²) in [5.74, 6) is -0.979. The lowest BCUT2D eigenvalue weighted by atomic mass is 9.80. The number of nitrogens with one attached hydrogen (secondary N) is 1. The molecule has 0 aromatic heterocycles. The molecular formula is C33H35ClN2O4. The third-order valence-electron chi connectivity index (χ3n) is 6.82. The second-order valence-electron chi connectivity index (χ2n) is 12.0. The Morgan fingerprint density at radius 2 is 1.50 bits per heavy atom. The Morgan fingerprint density at radius 3 is 2.10 bits per heavy atom. The quantitative estimate of drug-likeness (QED) is 0.192. The lowest BCUT2D eigenvalue weighted by molar-refractivity contribution is -0.137. The van der Waals surface area contributed by atoms with Crippen LogP contribution in [0.15, 0.2) is 83.5 Å². The topological polar surface area (TPSA) is 75.7 Å². The zero-order valence-electron chi connectivity index (χ0n) is 23.8. The van der Waals surface area contributed by atoms with E-state index in [0.717, 1.165) is 16.0 Å². The van der Waals surface area contributed by atoms with Crippen LogP contribution in [0.25, 0.3) is 0 Å². The smallest absolute Gasteiger partial charge is 0.343 e. The summed E-state index contributed by atoms with van der Waals surface area (Å²) in [6.45, 7) is 12.9. The third kappa shape index (κ3) is 6.45. The standard InChI is InChI=1S/C33H35ClN2O4/c1-32(2,3)23-14-17-26(25(20-23)33(4,5)6)40-31(39)22-12-15-24(16-13-22)35-28-27(34)29(37)36(30(28)38)19-18-21-10-8-7-9-11-21/h7-17,20,35H,18-19H2,1-6H3. The van der Waals surface area contributed by atoms with E-state index in [2.05, 4.69) is 52.9 Å². The van der Waals surface area contributed by atoms with Gasteiger partial charge in [-0.3, -0.25) is 14.5 Å². The highest BCUT2D eigenvalue weighted by molar-refractivity contribution is 6.48. The van der Waals surface area contributed by atoms with Gasteiger partial charge in [-0.25, -0.2) is 4.79 Å². The first-order chi connectivity index (χ1) is 18.8. The van der Waals surface area contributed by atoms with Crippen LogP contribution in [0, 0.1) is 0 Å². The van der Waals surface area contributed by atoms with Crippen LogP contribution in [-0.2, 0) is 26.8 Å². The van der Waals surface area contributed by atoms with E-state index in [4.69, 9.17) is 16.3 Å². The van der Waals surface area contributed by atoms with Crippen LogP contribution in [0.5, 0.6) is 5.75 Å². The van der Waals surface area contributed by atoms with E-state index in [0.29, 0.717) is 23.4 Å². The van der Waals surface area contributed by atoms with Gasteiger partial charge >= 0.3 is 5.97 Å². The maximum atomic E-state index is 13.0. The minimum atomic E-state index is -0.530. The number of imide groups is 1. The van der Waals surface area contributed by atoms with Crippen LogP contribution >= 0.6 is 11.6 Å². The second-order valence-corrected chi connectivity index (χ2v) is 12.4. The number of hydrogen-bond donors (Lipinski definition) is 1. The normalized spacial score (nSPS) is 14.1. The number of rotatable bonds is 7. The van der Waals surface area contributed by atoms with E-state index >= 15 is 0 Å². The molecule has 3 aromatic rings. The minimum absolute atomic E-state index is 0.0174. The molecular weight excluding hydrogens is 524 g/mol. The summed E-state index contributed by atoms with van der Waals surface area (Å²) in [5.41, 5.74) is 3.76. The van der Waals surface area contributed by atoms with E-state index in [-0.39, 0.29) is 28.1 Å². The summed E-state index contributed by atoms with van der Waals surface area (Å²) in [7, 11) is 0. The van der Waals surface area contributed by atoms with Crippen molar-refractivity contribution in [1.29, 1.82) is 0 Å². The van der Waals surface area contributed by atoms with Crippen LogP contribution in [0.3, 0.4) is 0 Å². The van der Waals surface area contributed by atoms with Crippen LogP contribution in [0.1, 0.15) is 68.6 Å². The van der Waals surface area contributed by atoms with Crippen molar-refractivity contribution < 1.29 is 19.1 Å². The van der Waals surface area contributed by atoms with Crippen LogP contribution in [0.4, 0.5) is 5.69 Å². The lowest BCUT2D eigenvalue weighted by Gasteiger charge is -2.26. The van der Waals surface area contributed by atoms with Gasteiger partial charge in [0.15, 0.2) is 0 Å². The first-order valence-electron chi connectivity index (χ1n) is 13.3. The Morgan fingerprint density at radius 1 is 0.850 bits per heavy atom. The predicted molar refractivity (Wildman–Crippen MR) is 159 cm³/mol. The first kappa shape index (κ1) is 29.1. The summed E-state index contributed by atoms with van der Waals surface area (Å²) in [6, 6.07) is 22.1. The Bertz CT molecular complexity index is 1460. The number of nitrogens with zero attached hydrogens (tertiary/aromatic N) is 1. The minimum Gasteiger partial charge on any atom is -0.423 e. The highest BCUT2D eigenvalue weighted by atomic mass is 35.5. The SMILES string of the molecule is CC(C)(C)c1ccc(OC(=O)c2ccc(NC3=C(Cl)C(=O)N(CCc4ccccc4)C3=O)cc2)c(C(C)(C)C)c1. The summed E-state index contributed by atoms with van der Waals surface area (Å²) in [4.78, 5) is 39.8. The lowest BCUT2D eigenvalue weighted by Crippen LogP contribution is -2.34. The molecule has 1 aliphatic rings. The van der Waals surface area contributed by atoms with Crippen molar-refractivity contribution >= 4 is 35.1 Å².